The number of aromatic nitrogens is 4. The Kier molecular flexibility index (Phi) is 5.81. The molecule has 0 fully saturated rings. The summed E-state index contributed by atoms with van der Waals surface area (Å²) in [5.74, 6) is 0.348. The van der Waals surface area contributed by atoms with E-state index in [0.29, 0.717) is 28.7 Å². The molecule has 0 atom stereocenters. The van der Waals surface area contributed by atoms with Crippen LogP contribution in [0.3, 0.4) is 0 Å². The van der Waals surface area contributed by atoms with Gasteiger partial charge in [0.1, 0.15) is 11.4 Å². The minimum Gasteiger partial charge on any atom is -0.471 e. The van der Waals surface area contributed by atoms with Gasteiger partial charge in [0.05, 0.1) is 18.4 Å². The van der Waals surface area contributed by atoms with Gasteiger partial charge < -0.3 is 10.1 Å². The summed E-state index contributed by atoms with van der Waals surface area (Å²) in [4.78, 5) is 12.7. The largest absolute Gasteiger partial charge is 0.471 e. The number of halogens is 1. The van der Waals surface area contributed by atoms with Crippen LogP contribution in [0.15, 0.2) is 73.2 Å². The molecule has 2 heterocycles. The third-order valence-corrected chi connectivity index (χ3v) is 4.69. The second-order valence-corrected chi connectivity index (χ2v) is 7.25. The first kappa shape index (κ1) is 19.7. The summed E-state index contributed by atoms with van der Waals surface area (Å²) in [5, 5.41) is 12.0. The van der Waals surface area contributed by atoms with Gasteiger partial charge >= 0.3 is 0 Å². The number of nitrogens with zero attached hydrogens (tertiary/aromatic N) is 4. The van der Waals surface area contributed by atoms with Crippen molar-refractivity contribution in [3.05, 3.63) is 95.0 Å². The molecule has 0 saturated heterocycles. The van der Waals surface area contributed by atoms with E-state index in [1.165, 1.54) is 10.2 Å². The molecule has 0 spiro atoms. The zero-order valence-electron chi connectivity index (χ0n) is 16.3. The van der Waals surface area contributed by atoms with Crippen LogP contribution in [0.5, 0.6) is 5.75 Å². The van der Waals surface area contributed by atoms with Crippen molar-refractivity contribution in [3.8, 4) is 5.75 Å². The highest BCUT2D eigenvalue weighted by molar-refractivity contribution is 6.30. The predicted octanol–water partition coefficient (Wildman–Crippen LogP) is 4.38. The molecule has 0 saturated carbocycles. The van der Waals surface area contributed by atoms with Crippen molar-refractivity contribution in [2.24, 2.45) is 0 Å². The number of hydrogen-bond donors (Lipinski definition) is 1. The lowest BCUT2D eigenvalue weighted by atomic mass is 10.1. The van der Waals surface area contributed by atoms with Gasteiger partial charge in [-0.1, -0.05) is 41.4 Å². The molecule has 2 aromatic heterocycles. The van der Waals surface area contributed by atoms with Gasteiger partial charge in [-0.05, 0) is 42.8 Å². The fourth-order valence-electron chi connectivity index (χ4n) is 3.00. The fourth-order valence-corrected chi connectivity index (χ4v) is 3.13. The third-order valence-electron chi connectivity index (χ3n) is 4.43. The minimum absolute atomic E-state index is 0.101. The van der Waals surface area contributed by atoms with Crippen LogP contribution in [-0.4, -0.2) is 25.5 Å². The molecule has 30 heavy (non-hydrogen) atoms. The highest BCUT2D eigenvalue weighted by Gasteiger charge is 2.14. The van der Waals surface area contributed by atoms with Crippen molar-refractivity contribution in [1.29, 1.82) is 0 Å². The number of ether oxygens (including phenoxy) is 1. The summed E-state index contributed by atoms with van der Waals surface area (Å²) in [6.07, 6.45) is 4.98. The number of anilines is 1. The van der Waals surface area contributed by atoms with Crippen LogP contribution in [0.1, 0.15) is 21.6 Å². The average Bonchev–Trinajstić information content (AvgIpc) is 3.37. The standard InChI is InChI=1S/C22H20ClN5O2/c1-16-3-2-4-17(11-16)13-27-14-19(12-25-27)26-22(29)21-9-10-24-28(21)15-30-20-7-5-18(23)6-8-20/h2-12,14H,13,15H2,1H3,(H,26,29). The van der Waals surface area contributed by atoms with Crippen LogP contribution in [-0.2, 0) is 13.3 Å². The maximum Gasteiger partial charge on any atom is 0.274 e. The fraction of sp³-hybridized carbons (Fsp3) is 0.136. The molecule has 8 heteroatoms. The number of hydrogen-bond acceptors (Lipinski definition) is 4. The van der Waals surface area contributed by atoms with E-state index in [-0.39, 0.29) is 12.6 Å². The molecule has 1 N–H and O–H groups in total. The van der Waals surface area contributed by atoms with Crippen molar-refractivity contribution in [2.45, 2.75) is 20.2 Å². The van der Waals surface area contributed by atoms with Gasteiger partial charge in [-0.25, -0.2) is 4.68 Å². The molecule has 1 amide bonds. The van der Waals surface area contributed by atoms with Gasteiger partial charge in [0.2, 0.25) is 0 Å². The summed E-state index contributed by atoms with van der Waals surface area (Å²) < 4.78 is 8.94. The van der Waals surface area contributed by atoms with E-state index in [2.05, 4.69) is 34.6 Å². The smallest absolute Gasteiger partial charge is 0.274 e. The van der Waals surface area contributed by atoms with E-state index in [1.807, 2.05) is 12.1 Å². The van der Waals surface area contributed by atoms with Gasteiger partial charge in [0, 0.05) is 17.4 Å². The van der Waals surface area contributed by atoms with Crippen LogP contribution in [0.4, 0.5) is 5.69 Å². The van der Waals surface area contributed by atoms with Crippen LogP contribution in [0.2, 0.25) is 5.02 Å². The average molecular weight is 422 g/mol. The maximum absolute atomic E-state index is 12.7. The zero-order chi connectivity index (χ0) is 20.9. The molecule has 4 aromatic rings. The minimum atomic E-state index is -0.290. The first-order chi connectivity index (χ1) is 14.6. The van der Waals surface area contributed by atoms with Crippen molar-refractivity contribution in [2.75, 3.05) is 5.32 Å². The van der Waals surface area contributed by atoms with E-state index in [0.717, 1.165) is 5.56 Å². The third kappa shape index (κ3) is 4.87. The van der Waals surface area contributed by atoms with Crippen molar-refractivity contribution >= 4 is 23.2 Å². The van der Waals surface area contributed by atoms with Crippen LogP contribution in [0.25, 0.3) is 0 Å². The van der Waals surface area contributed by atoms with E-state index >= 15 is 0 Å². The molecule has 0 aliphatic carbocycles. The molecule has 0 unspecified atom stereocenters. The summed E-state index contributed by atoms with van der Waals surface area (Å²) in [5.41, 5.74) is 3.34. The Morgan fingerprint density at radius 3 is 2.77 bits per heavy atom. The number of benzene rings is 2. The zero-order valence-corrected chi connectivity index (χ0v) is 17.1. The molecule has 4 rings (SSSR count). The topological polar surface area (TPSA) is 74.0 Å². The maximum atomic E-state index is 12.7. The monoisotopic (exact) mass is 421 g/mol. The van der Waals surface area contributed by atoms with Crippen LogP contribution >= 0.6 is 11.6 Å². The first-order valence-electron chi connectivity index (χ1n) is 9.36. The lowest BCUT2D eigenvalue weighted by Gasteiger charge is -2.09. The number of carbonyl (C=O) groups is 1. The molecular weight excluding hydrogens is 402 g/mol. The van der Waals surface area contributed by atoms with Crippen LogP contribution < -0.4 is 10.1 Å². The van der Waals surface area contributed by atoms with Gasteiger partial charge in [-0.3, -0.25) is 9.48 Å². The molecule has 0 radical (unpaired) electrons. The molecule has 152 valence electrons. The predicted molar refractivity (Wildman–Crippen MR) is 115 cm³/mol. The lowest BCUT2D eigenvalue weighted by molar-refractivity contribution is 0.100. The van der Waals surface area contributed by atoms with Crippen molar-refractivity contribution in [3.63, 3.8) is 0 Å². The molecule has 0 aliphatic rings. The van der Waals surface area contributed by atoms with E-state index in [1.54, 1.807) is 53.6 Å². The summed E-state index contributed by atoms with van der Waals surface area (Å²) in [6, 6.07) is 16.9. The molecule has 0 bridgehead atoms. The van der Waals surface area contributed by atoms with E-state index < -0.39 is 0 Å². The van der Waals surface area contributed by atoms with Gasteiger partial charge in [0.25, 0.3) is 5.91 Å². The van der Waals surface area contributed by atoms with Crippen molar-refractivity contribution in [1.82, 2.24) is 19.6 Å². The number of nitrogens with one attached hydrogen (secondary N) is 1. The second kappa shape index (κ2) is 8.84. The Labute approximate surface area is 178 Å². The van der Waals surface area contributed by atoms with Crippen LogP contribution in [0, 0.1) is 6.92 Å². The second-order valence-electron chi connectivity index (χ2n) is 6.81. The van der Waals surface area contributed by atoms with Gasteiger partial charge in [-0.2, -0.15) is 10.2 Å². The lowest BCUT2D eigenvalue weighted by Crippen LogP contribution is -2.19. The van der Waals surface area contributed by atoms with Crippen molar-refractivity contribution < 1.29 is 9.53 Å². The molecule has 7 nitrogen and oxygen atoms in total. The Hall–Kier alpha value is -3.58. The Morgan fingerprint density at radius 2 is 1.97 bits per heavy atom. The van der Waals surface area contributed by atoms with E-state index in [4.69, 9.17) is 16.3 Å². The number of aryl methyl sites for hydroxylation is 1. The number of carbonyl (C=O) groups excluding carboxylic acids is 1. The van der Waals surface area contributed by atoms with E-state index in [9.17, 15) is 4.79 Å². The Morgan fingerprint density at radius 1 is 1.13 bits per heavy atom. The summed E-state index contributed by atoms with van der Waals surface area (Å²) in [7, 11) is 0. The molecule has 0 aliphatic heterocycles. The first-order valence-corrected chi connectivity index (χ1v) is 9.74. The Bertz CT molecular complexity index is 1150. The normalized spacial score (nSPS) is 10.7. The van der Waals surface area contributed by atoms with Gasteiger partial charge in [0.15, 0.2) is 6.73 Å². The summed E-state index contributed by atoms with van der Waals surface area (Å²) in [6.45, 7) is 2.78. The quantitative estimate of drug-likeness (QED) is 0.480. The number of amides is 1. The van der Waals surface area contributed by atoms with Gasteiger partial charge in [-0.15, -0.1) is 0 Å². The highest BCUT2D eigenvalue weighted by atomic mass is 35.5. The molecule has 2 aromatic carbocycles. The highest BCUT2D eigenvalue weighted by Crippen LogP contribution is 2.16. The SMILES string of the molecule is Cc1cccc(Cn2cc(NC(=O)c3ccnn3COc3ccc(Cl)cc3)cn2)c1. The molecular formula is C22H20ClN5O2. The number of rotatable bonds is 7. The Balaban J connectivity index is 1.38. The summed E-state index contributed by atoms with van der Waals surface area (Å²) >= 11 is 5.88.